The van der Waals surface area contributed by atoms with Gasteiger partial charge in [0.1, 0.15) is 5.82 Å². The lowest BCUT2D eigenvalue weighted by Gasteiger charge is -2.40. The van der Waals surface area contributed by atoms with Crippen LogP contribution in [0.5, 0.6) is 0 Å². The van der Waals surface area contributed by atoms with Crippen LogP contribution in [0.25, 0.3) is 0 Å². The van der Waals surface area contributed by atoms with Crippen molar-refractivity contribution in [3.05, 3.63) is 35.6 Å². The third kappa shape index (κ3) is 2.98. The van der Waals surface area contributed by atoms with E-state index in [1.807, 2.05) is 12.1 Å². The van der Waals surface area contributed by atoms with Crippen molar-refractivity contribution in [1.82, 2.24) is 5.32 Å². The lowest BCUT2D eigenvalue weighted by atomic mass is 9.75. The summed E-state index contributed by atoms with van der Waals surface area (Å²) in [6.07, 6.45) is 6.01. The average molecular weight is 263 g/mol. The lowest BCUT2D eigenvalue weighted by molar-refractivity contribution is 0.102. The van der Waals surface area contributed by atoms with Gasteiger partial charge in [-0.1, -0.05) is 18.2 Å². The van der Waals surface area contributed by atoms with Crippen LogP contribution in [0.2, 0.25) is 0 Å². The molecule has 104 valence electrons. The first-order valence-electron chi connectivity index (χ1n) is 7.41. The summed E-state index contributed by atoms with van der Waals surface area (Å²) < 4.78 is 13.6. The molecule has 2 nitrogen and oxygen atoms in total. The van der Waals surface area contributed by atoms with E-state index in [1.54, 1.807) is 12.1 Å². The van der Waals surface area contributed by atoms with Crippen LogP contribution in [0.4, 0.5) is 4.39 Å². The van der Waals surface area contributed by atoms with Gasteiger partial charge in [0, 0.05) is 12.1 Å². The van der Waals surface area contributed by atoms with Gasteiger partial charge in [0.15, 0.2) is 0 Å². The summed E-state index contributed by atoms with van der Waals surface area (Å²) in [6.45, 7) is 0. The third-order valence-electron chi connectivity index (χ3n) is 4.60. The second-order valence-corrected chi connectivity index (χ2v) is 6.07. The summed E-state index contributed by atoms with van der Waals surface area (Å²) in [5.41, 5.74) is 0.865. The number of hydrogen-bond donors (Lipinski definition) is 2. The van der Waals surface area contributed by atoms with Gasteiger partial charge in [-0.05, 0) is 56.1 Å². The minimum absolute atomic E-state index is 0.0703. The number of rotatable bonds is 3. The molecule has 0 bridgehead atoms. The SMILES string of the molecule is OC1CCCC(NC2CC(c3ccccc3F)C2)C1. The Labute approximate surface area is 114 Å². The van der Waals surface area contributed by atoms with Crippen molar-refractivity contribution in [2.75, 3.05) is 0 Å². The second-order valence-electron chi connectivity index (χ2n) is 6.07. The zero-order chi connectivity index (χ0) is 13.2. The predicted molar refractivity (Wildman–Crippen MR) is 73.6 cm³/mol. The van der Waals surface area contributed by atoms with Gasteiger partial charge in [0.2, 0.25) is 0 Å². The van der Waals surface area contributed by atoms with E-state index in [-0.39, 0.29) is 11.9 Å². The highest BCUT2D eigenvalue weighted by Crippen LogP contribution is 2.38. The molecule has 2 saturated carbocycles. The van der Waals surface area contributed by atoms with Gasteiger partial charge in [-0.15, -0.1) is 0 Å². The maximum absolute atomic E-state index is 13.6. The van der Waals surface area contributed by atoms with Crippen molar-refractivity contribution >= 4 is 0 Å². The van der Waals surface area contributed by atoms with E-state index in [0.717, 1.165) is 44.1 Å². The van der Waals surface area contributed by atoms with Crippen LogP contribution in [0.15, 0.2) is 24.3 Å². The Morgan fingerprint density at radius 3 is 2.58 bits per heavy atom. The Morgan fingerprint density at radius 1 is 1.05 bits per heavy atom. The predicted octanol–water partition coefficient (Wildman–Crippen LogP) is 2.96. The van der Waals surface area contributed by atoms with Crippen molar-refractivity contribution in [2.45, 2.75) is 62.6 Å². The van der Waals surface area contributed by atoms with Crippen LogP contribution in [0.1, 0.15) is 50.0 Å². The zero-order valence-corrected chi connectivity index (χ0v) is 11.2. The van der Waals surface area contributed by atoms with Crippen molar-refractivity contribution < 1.29 is 9.50 Å². The smallest absolute Gasteiger partial charge is 0.126 e. The molecule has 0 amide bonds. The van der Waals surface area contributed by atoms with Gasteiger partial charge in [-0.2, -0.15) is 0 Å². The van der Waals surface area contributed by atoms with Crippen LogP contribution in [-0.2, 0) is 0 Å². The van der Waals surface area contributed by atoms with Crippen LogP contribution in [-0.4, -0.2) is 23.3 Å². The molecule has 0 spiro atoms. The molecule has 1 aromatic carbocycles. The number of nitrogens with one attached hydrogen (secondary N) is 1. The van der Waals surface area contributed by atoms with E-state index >= 15 is 0 Å². The monoisotopic (exact) mass is 263 g/mol. The van der Waals surface area contributed by atoms with Gasteiger partial charge in [0.25, 0.3) is 0 Å². The van der Waals surface area contributed by atoms with Gasteiger partial charge in [-0.25, -0.2) is 4.39 Å². The highest BCUT2D eigenvalue weighted by atomic mass is 19.1. The highest BCUT2D eigenvalue weighted by Gasteiger charge is 2.33. The Kier molecular flexibility index (Phi) is 3.85. The molecule has 1 aromatic rings. The summed E-state index contributed by atoms with van der Waals surface area (Å²) in [6, 6.07) is 8.07. The molecular weight excluding hydrogens is 241 g/mol. The largest absolute Gasteiger partial charge is 0.393 e. The Balaban J connectivity index is 1.49. The first-order chi connectivity index (χ1) is 9.22. The Morgan fingerprint density at radius 2 is 1.84 bits per heavy atom. The van der Waals surface area contributed by atoms with Crippen molar-refractivity contribution in [3.8, 4) is 0 Å². The second kappa shape index (κ2) is 5.59. The molecule has 0 aliphatic heterocycles. The fraction of sp³-hybridized carbons (Fsp3) is 0.625. The Bertz CT molecular complexity index is 431. The number of aliphatic hydroxyl groups excluding tert-OH is 1. The van der Waals surface area contributed by atoms with Crippen LogP contribution in [0, 0.1) is 5.82 Å². The van der Waals surface area contributed by atoms with E-state index in [1.165, 1.54) is 0 Å². The molecule has 2 aliphatic rings. The minimum atomic E-state index is -0.131. The number of aliphatic hydroxyl groups is 1. The van der Waals surface area contributed by atoms with Crippen molar-refractivity contribution in [3.63, 3.8) is 0 Å². The molecule has 3 rings (SSSR count). The first-order valence-corrected chi connectivity index (χ1v) is 7.41. The van der Waals surface area contributed by atoms with E-state index in [0.29, 0.717) is 18.0 Å². The number of halogens is 1. The molecule has 2 N–H and O–H groups in total. The molecule has 2 unspecified atom stereocenters. The molecule has 2 aliphatic carbocycles. The highest BCUT2D eigenvalue weighted by molar-refractivity contribution is 5.24. The third-order valence-corrected chi connectivity index (χ3v) is 4.60. The first kappa shape index (κ1) is 13.1. The topological polar surface area (TPSA) is 32.3 Å². The average Bonchev–Trinajstić information content (AvgIpc) is 2.35. The maximum atomic E-state index is 13.6. The molecule has 0 saturated heterocycles. The van der Waals surface area contributed by atoms with E-state index in [2.05, 4.69) is 5.32 Å². The summed E-state index contributed by atoms with van der Waals surface area (Å²) in [5.74, 6) is 0.297. The zero-order valence-electron chi connectivity index (χ0n) is 11.2. The fourth-order valence-electron chi connectivity index (χ4n) is 3.46. The normalized spacial score (nSPS) is 34.8. The summed E-state index contributed by atoms with van der Waals surface area (Å²) in [5, 5.41) is 13.3. The summed E-state index contributed by atoms with van der Waals surface area (Å²) in [7, 11) is 0. The number of hydrogen-bond acceptors (Lipinski definition) is 2. The van der Waals surface area contributed by atoms with Crippen LogP contribution < -0.4 is 5.32 Å². The fourth-order valence-corrected chi connectivity index (χ4v) is 3.46. The minimum Gasteiger partial charge on any atom is -0.393 e. The van der Waals surface area contributed by atoms with E-state index in [4.69, 9.17) is 0 Å². The molecule has 2 fully saturated rings. The van der Waals surface area contributed by atoms with E-state index < -0.39 is 0 Å². The molecule has 0 aromatic heterocycles. The van der Waals surface area contributed by atoms with Gasteiger partial charge < -0.3 is 10.4 Å². The lowest BCUT2D eigenvalue weighted by Crippen LogP contribution is -2.47. The molecule has 0 radical (unpaired) electrons. The van der Waals surface area contributed by atoms with Crippen LogP contribution >= 0.6 is 0 Å². The molecule has 2 atom stereocenters. The number of benzene rings is 1. The maximum Gasteiger partial charge on any atom is 0.126 e. The summed E-state index contributed by atoms with van der Waals surface area (Å²) >= 11 is 0. The molecule has 3 heteroatoms. The quantitative estimate of drug-likeness (QED) is 0.878. The molecule has 19 heavy (non-hydrogen) atoms. The molecule has 0 heterocycles. The van der Waals surface area contributed by atoms with Crippen molar-refractivity contribution in [1.29, 1.82) is 0 Å². The van der Waals surface area contributed by atoms with Gasteiger partial charge in [-0.3, -0.25) is 0 Å². The Hall–Kier alpha value is -0.930. The van der Waals surface area contributed by atoms with Crippen LogP contribution in [0.3, 0.4) is 0 Å². The van der Waals surface area contributed by atoms with Gasteiger partial charge >= 0.3 is 0 Å². The summed E-state index contributed by atoms with van der Waals surface area (Å²) in [4.78, 5) is 0. The van der Waals surface area contributed by atoms with E-state index in [9.17, 15) is 9.50 Å². The van der Waals surface area contributed by atoms with Crippen molar-refractivity contribution in [2.24, 2.45) is 0 Å². The standard InChI is InChI=1S/C16H22FNO/c17-16-7-2-1-6-15(16)11-8-13(9-11)18-12-4-3-5-14(19)10-12/h1-2,6-7,11-14,18-19H,3-5,8-10H2. The van der Waals surface area contributed by atoms with Gasteiger partial charge in [0.05, 0.1) is 6.10 Å². The molecular formula is C16H22FNO.